The summed E-state index contributed by atoms with van der Waals surface area (Å²) in [5, 5.41) is 22.8. The molecule has 0 aliphatic heterocycles. The first-order valence-electron chi connectivity index (χ1n) is 13.1. The average Bonchev–Trinajstić information content (AvgIpc) is 2.86. The van der Waals surface area contributed by atoms with Gasteiger partial charge in [0.05, 0.1) is 33.0 Å². The van der Waals surface area contributed by atoms with Crippen molar-refractivity contribution < 1.29 is 53.1 Å². The lowest BCUT2D eigenvalue weighted by Gasteiger charge is -2.14. The second-order valence-corrected chi connectivity index (χ2v) is 8.52. The predicted octanol–water partition coefficient (Wildman–Crippen LogP) is 0.923. The maximum Gasteiger partial charge on any atom is 0.326 e. The van der Waals surface area contributed by atoms with E-state index in [0.717, 1.165) is 19.3 Å². The molecule has 13 nitrogen and oxygen atoms in total. The van der Waals surface area contributed by atoms with Gasteiger partial charge in [-0.05, 0) is 19.3 Å². The highest BCUT2D eigenvalue weighted by Crippen LogP contribution is 2.04. The van der Waals surface area contributed by atoms with Crippen LogP contribution in [0.2, 0.25) is 0 Å². The van der Waals surface area contributed by atoms with E-state index in [1.54, 1.807) is 0 Å². The first kappa shape index (κ1) is 35.4. The lowest BCUT2D eigenvalue weighted by molar-refractivity contribution is -0.143. The Morgan fingerprint density at radius 2 is 1.34 bits per heavy atom. The van der Waals surface area contributed by atoms with Crippen molar-refractivity contribution in [1.82, 2.24) is 10.6 Å². The summed E-state index contributed by atoms with van der Waals surface area (Å²) in [5.41, 5.74) is 0. The highest BCUT2D eigenvalue weighted by atomic mass is 16.5. The zero-order valence-corrected chi connectivity index (χ0v) is 22.4. The number of Topliss-reactive ketones (excluding diaryl/α,β-unsaturated/α-hetero) is 1. The van der Waals surface area contributed by atoms with Crippen molar-refractivity contribution in [3.63, 3.8) is 0 Å². The summed E-state index contributed by atoms with van der Waals surface area (Å²) in [7, 11) is 0. The fourth-order valence-electron chi connectivity index (χ4n) is 3.08. The normalized spacial score (nSPS) is 11.6. The van der Waals surface area contributed by atoms with Crippen LogP contribution in [0.25, 0.3) is 0 Å². The van der Waals surface area contributed by atoms with E-state index in [1.165, 1.54) is 0 Å². The molecule has 0 aromatic heterocycles. The van der Waals surface area contributed by atoms with Crippen molar-refractivity contribution in [2.75, 3.05) is 59.4 Å². The molecular weight excluding hydrogens is 504 g/mol. The number of ketones is 1. The molecular formula is C25H44N2O11. The van der Waals surface area contributed by atoms with Gasteiger partial charge in [0, 0.05) is 32.4 Å². The van der Waals surface area contributed by atoms with Gasteiger partial charge in [-0.15, -0.1) is 0 Å². The van der Waals surface area contributed by atoms with Crippen LogP contribution in [0, 0.1) is 0 Å². The Balaban J connectivity index is 3.52. The first-order chi connectivity index (χ1) is 18.3. The molecule has 1 atom stereocenters. The van der Waals surface area contributed by atoms with Gasteiger partial charge in [-0.25, -0.2) is 4.79 Å². The summed E-state index contributed by atoms with van der Waals surface area (Å²) in [6, 6.07) is -0.911. The quantitative estimate of drug-likeness (QED) is 0.107. The van der Waals surface area contributed by atoms with Gasteiger partial charge in [0.15, 0.2) is 5.78 Å². The van der Waals surface area contributed by atoms with E-state index in [1.807, 2.05) is 6.92 Å². The molecule has 0 fully saturated rings. The number of carboxylic acids is 2. The number of aliphatic carboxylic acids is 2. The molecule has 0 rings (SSSR count). The summed E-state index contributed by atoms with van der Waals surface area (Å²) in [6.07, 6.45) is 4.22. The summed E-state index contributed by atoms with van der Waals surface area (Å²) in [6.45, 7) is 3.63. The fraction of sp³-hybridized carbons (Fsp3) is 0.800. The molecule has 1 unspecified atom stereocenters. The largest absolute Gasteiger partial charge is 0.481 e. The van der Waals surface area contributed by atoms with Crippen LogP contribution in [0.5, 0.6) is 0 Å². The highest BCUT2D eigenvalue weighted by molar-refractivity contribution is 5.84. The predicted molar refractivity (Wildman–Crippen MR) is 136 cm³/mol. The third-order valence-corrected chi connectivity index (χ3v) is 5.08. The second-order valence-electron chi connectivity index (χ2n) is 8.52. The topological polar surface area (TPSA) is 187 Å². The third kappa shape index (κ3) is 23.8. The third-order valence-electron chi connectivity index (χ3n) is 5.08. The fourth-order valence-corrected chi connectivity index (χ4v) is 3.08. The SMILES string of the molecule is CCCCCC(NC(=O)COCCOCCCC(=O)COCCOCCNC(=O)CCCC(=O)O)C(=O)O. The van der Waals surface area contributed by atoms with Gasteiger partial charge in [0.25, 0.3) is 0 Å². The van der Waals surface area contributed by atoms with Gasteiger partial charge < -0.3 is 39.8 Å². The number of hydrogen-bond donors (Lipinski definition) is 4. The Hall–Kier alpha value is -2.61. The minimum absolute atomic E-state index is 0.0301. The maximum atomic E-state index is 11.8. The molecule has 0 aliphatic carbocycles. The number of carboxylic acid groups (broad SMARTS) is 2. The summed E-state index contributed by atoms with van der Waals surface area (Å²) < 4.78 is 21.1. The number of hydrogen-bond acceptors (Lipinski definition) is 9. The van der Waals surface area contributed by atoms with Gasteiger partial charge in [-0.2, -0.15) is 0 Å². The van der Waals surface area contributed by atoms with Crippen molar-refractivity contribution in [3.05, 3.63) is 0 Å². The Bertz CT molecular complexity index is 688. The summed E-state index contributed by atoms with van der Waals surface area (Å²) >= 11 is 0. The van der Waals surface area contributed by atoms with Crippen LogP contribution in [-0.2, 0) is 42.9 Å². The van der Waals surface area contributed by atoms with E-state index in [9.17, 15) is 24.0 Å². The molecule has 0 saturated heterocycles. The zero-order chi connectivity index (χ0) is 28.4. The van der Waals surface area contributed by atoms with E-state index in [0.29, 0.717) is 38.8 Å². The van der Waals surface area contributed by atoms with E-state index in [-0.39, 0.29) is 70.8 Å². The standard InChI is InChI=1S/C25H44N2O11/c1-2-3-4-8-21(25(33)34)27-23(30)19-38-17-14-35-12-6-7-20(28)18-37-16-15-36-13-11-26-22(29)9-5-10-24(31)32/h21H,2-19H2,1H3,(H,26,29)(H,27,30)(H,31,32)(H,33,34). The van der Waals surface area contributed by atoms with E-state index in [4.69, 9.17) is 29.2 Å². The lowest BCUT2D eigenvalue weighted by atomic mass is 10.1. The highest BCUT2D eigenvalue weighted by Gasteiger charge is 2.19. The van der Waals surface area contributed by atoms with Crippen LogP contribution in [-0.4, -0.2) is 105 Å². The Morgan fingerprint density at radius 1 is 0.684 bits per heavy atom. The zero-order valence-electron chi connectivity index (χ0n) is 22.4. The van der Waals surface area contributed by atoms with Crippen LogP contribution in [0.15, 0.2) is 0 Å². The van der Waals surface area contributed by atoms with E-state index < -0.39 is 23.9 Å². The average molecular weight is 549 g/mol. The number of ether oxygens (including phenoxy) is 4. The monoisotopic (exact) mass is 548 g/mol. The van der Waals surface area contributed by atoms with Crippen LogP contribution in [0.3, 0.4) is 0 Å². The molecule has 0 bridgehead atoms. The smallest absolute Gasteiger partial charge is 0.326 e. The van der Waals surface area contributed by atoms with Gasteiger partial charge >= 0.3 is 11.9 Å². The number of amides is 2. The first-order valence-corrected chi connectivity index (χ1v) is 13.1. The van der Waals surface area contributed by atoms with Crippen LogP contribution in [0.4, 0.5) is 0 Å². The molecule has 13 heteroatoms. The minimum atomic E-state index is -1.06. The molecule has 0 aromatic carbocycles. The Morgan fingerprint density at radius 3 is 2.00 bits per heavy atom. The number of nitrogens with one attached hydrogen (secondary N) is 2. The molecule has 4 N–H and O–H groups in total. The van der Waals surface area contributed by atoms with Gasteiger partial charge in [-0.3, -0.25) is 19.2 Å². The van der Waals surface area contributed by atoms with Crippen molar-refractivity contribution in [3.8, 4) is 0 Å². The van der Waals surface area contributed by atoms with E-state index >= 15 is 0 Å². The van der Waals surface area contributed by atoms with Gasteiger partial charge in [0.1, 0.15) is 19.3 Å². The molecule has 220 valence electrons. The second kappa shape index (κ2) is 24.7. The number of carbonyl (C=O) groups excluding carboxylic acids is 3. The molecule has 0 aromatic rings. The van der Waals surface area contributed by atoms with Crippen molar-refractivity contribution in [2.45, 2.75) is 70.8 Å². The van der Waals surface area contributed by atoms with Crippen molar-refractivity contribution in [2.24, 2.45) is 0 Å². The van der Waals surface area contributed by atoms with Crippen LogP contribution in [0.1, 0.15) is 64.7 Å². The lowest BCUT2D eigenvalue weighted by Crippen LogP contribution is -2.42. The van der Waals surface area contributed by atoms with Crippen LogP contribution >= 0.6 is 0 Å². The molecule has 0 radical (unpaired) electrons. The molecule has 0 aliphatic rings. The maximum absolute atomic E-state index is 11.8. The molecule has 0 spiro atoms. The number of rotatable bonds is 27. The summed E-state index contributed by atoms with van der Waals surface area (Å²) in [4.78, 5) is 56.6. The van der Waals surface area contributed by atoms with Gasteiger partial charge in [0.2, 0.25) is 11.8 Å². The molecule has 0 heterocycles. The van der Waals surface area contributed by atoms with E-state index in [2.05, 4.69) is 10.6 Å². The molecule has 2 amide bonds. The number of unbranched alkanes of at least 4 members (excludes halogenated alkanes) is 2. The van der Waals surface area contributed by atoms with Crippen molar-refractivity contribution >= 4 is 29.5 Å². The Kier molecular flexibility index (Phi) is 23.0. The Labute approximate surface area is 223 Å². The number of carbonyl (C=O) groups is 5. The molecule has 0 saturated carbocycles. The van der Waals surface area contributed by atoms with Gasteiger partial charge in [-0.1, -0.05) is 26.2 Å². The van der Waals surface area contributed by atoms with Crippen molar-refractivity contribution in [1.29, 1.82) is 0 Å². The molecule has 38 heavy (non-hydrogen) atoms. The summed E-state index contributed by atoms with van der Waals surface area (Å²) in [5.74, 6) is -2.76. The van der Waals surface area contributed by atoms with Crippen LogP contribution < -0.4 is 10.6 Å². The minimum Gasteiger partial charge on any atom is -0.481 e.